The number of carbonyl (C=O) groups excluding carboxylic acids is 1. The van der Waals surface area contributed by atoms with Crippen LogP contribution >= 0.6 is 15.9 Å². The van der Waals surface area contributed by atoms with Gasteiger partial charge in [-0.2, -0.15) is 0 Å². The number of halogens is 1. The van der Waals surface area contributed by atoms with Crippen LogP contribution in [0.1, 0.15) is 30.9 Å². The van der Waals surface area contributed by atoms with E-state index in [0.717, 1.165) is 15.6 Å². The quantitative estimate of drug-likeness (QED) is 0.774. The van der Waals surface area contributed by atoms with Crippen molar-refractivity contribution in [3.05, 3.63) is 33.8 Å². The molecule has 0 saturated carbocycles. The summed E-state index contributed by atoms with van der Waals surface area (Å²) in [4.78, 5) is 11.2. The van der Waals surface area contributed by atoms with Gasteiger partial charge >= 0.3 is 0 Å². The van der Waals surface area contributed by atoms with Gasteiger partial charge in [0.15, 0.2) is 0 Å². The van der Waals surface area contributed by atoms with Gasteiger partial charge in [-0.3, -0.25) is 4.79 Å². The second kappa shape index (κ2) is 4.05. The normalized spacial score (nSPS) is 12.6. The maximum absolute atomic E-state index is 11.2. The summed E-state index contributed by atoms with van der Waals surface area (Å²) in [6, 6.07) is 5.96. The second-order valence-electron chi connectivity index (χ2n) is 3.29. The first-order valence-electron chi connectivity index (χ1n) is 4.29. The molecule has 0 aliphatic heterocycles. The molecule has 0 saturated heterocycles. The SMILES string of the molecule is CC(=O)C(C)c1cccc(Br)c1C. The van der Waals surface area contributed by atoms with Crippen LogP contribution in [0.15, 0.2) is 22.7 Å². The van der Waals surface area contributed by atoms with Crippen LogP contribution in [0.5, 0.6) is 0 Å². The van der Waals surface area contributed by atoms with Crippen molar-refractivity contribution < 1.29 is 4.79 Å². The molecule has 0 aromatic heterocycles. The lowest BCUT2D eigenvalue weighted by atomic mass is 9.94. The highest BCUT2D eigenvalue weighted by Gasteiger charge is 2.13. The molecule has 1 rings (SSSR count). The van der Waals surface area contributed by atoms with Crippen molar-refractivity contribution >= 4 is 21.7 Å². The molecular formula is C11H13BrO. The molecule has 0 fully saturated rings. The van der Waals surface area contributed by atoms with Crippen LogP contribution in [0.3, 0.4) is 0 Å². The fraction of sp³-hybridized carbons (Fsp3) is 0.364. The van der Waals surface area contributed by atoms with Gasteiger partial charge in [-0.05, 0) is 31.0 Å². The Morgan fingerprint density at radius 2 is 2.08 bits per heavy atom. The molecule has 0 heterocycles. The Kier molecular flexibility index (Phi) is 3.26. The molecule has 2 heteroatoms. The van der Waals surface area contributed by atoms with Crippen molar-refractivity contribution in [1.82, 2.24) is 0 Å². The van der Waals surface area contributed by atoms with Gasteiger partial charge in [0.2, 0.25) is 0 Å². The van der Waals surface area contributed by atoms with E-state index in [0.29, 0.717) is 0 Å². The van der Waals surface area contributed by atoms with Crippen molar-refractivity contribution in [2.45, 2.75) is 26.7 Å². The predicted octanol–water partition coefficient (Wildman–Crippen LogP) is 3.45. The predicted molar refractivity (Wildman–Crippen MR) is 58.0 cm³/mol. The van der Waals surface area contributed by atoms with E-state index >= 15 is 0 Å². The minimum absolute atomic E-state index is 0.00231. The van der Waals surface area contributed by atoms with Gasteiger partial charge in [0.25, 0.3) is 0 Å². The lowest BCUT2D eigenvalue weighted by Gasteiger charge is -2.12. The van der Waals surface area contributed by atoms with Gasteiger partial charge in [-0.1, -0.05) is 35.0 Å². The van der Waals surface area contributed by atoms with Crippen molar-refractivity contribution in [1.29, 1.82) is 0 Å². The molecular weight excluding hydrogens is 228 g/mol. The van der Waals surface area contributed by atoms with Gasteiger partial charge in [-0.25, -0.2) is 0 Å². The summed E-state index contributed by atoms with van der Waals surface area (Å²) >= 11 is 3.45. The third-order valence-electron chi connectivity index (χ3n) is 2.39. The molecule has 70 valence electrons. The summed E-state index contributed by atoms with van der Waals surface area (Å²) in [7, 11) is 0. The van der Waals surface area contributed by atoms with Crippen LogP contribution in [0.4, 0.5) is 0 Å². The standard InChI is InChI=1S/C11H13BrO/c1-7(9(3)13)10-5-4-6-11(12)8(10)2/h4-7H,1-3H3. The van der Waals surface area contributed by atoms with E-state index in [1.165, 1.54) is 0 Å². The lowest BCUT2D eigenvalue weighted by molar-refractivity contribution is -0.118. The number of carbonyl (C=O) groups is 1. The Balaban J connectivity index is 3.15. The number of Topliss-reactive ketones (excluding diaryl/α,β-unsaturated/α-hetero) is 1. The fourth-order valence-corrected chi connectivity index (χ4v) is 1.69. The molecule has 0 aliphatic rings. The highest BCUT2D eigenvalue weighted by molar-refractivity contribution is 9.10. The maximum Gasteiger partial charge on any atom is 0.136 e. The molecule has 13 heavy (non-hydrogen) atoms. The van der Waals surface area contributed by atoms with Crippen molar-refractivity contribution in [2.75, 3.05) is 0 Å². The van der Waals surface area contributed by atoms with E-state index in [4.69, 9.17) is 0 Å². The van der Waals surface area contributed by atoms with Crippen molar-refractivity contribution in [3.63, 3.8) is 0 Å². The Hall–Kier alpha value is -0.630. The smallest absolute Gasteiger partial charge is 0.136 e. The van der Waals surface area contributed by atoms with E-state index in [9.17, 15) is 4.79 Å². The van der Waals surface area contributed by atoms with Gasteiger partial charge in [0, 0.05) is 10.4 Å². The summed E-state index contributed by atoms with van der Waals surface area (Å²) in [6.07, 6.45) is 0. The first-order chi connectivity index (χ1) is 6.04. The molecule has 1 nitrogen and oxygen atoms in total. The molecule has 1 unspecified atom stereocenters. The molecule has 0 N–H and O–H groups in total. The van der Waals surface area contributed by atoms with Gasteiger partial charge in [0.05, 0.1) is 0 Å². The zero-order valence-corrected chi connectivity index (χ0v) is 9.68. The zero-order valence-electron chi connectivity index (χ0n) is 8.10. The Morgan fingerprint density at radius 1 is 1.46 bits per heavy atom. The van der Waals surface area contributed by atoms with Gasteiger partial charge in [0.1, 0.15) is 5.78 Å². The highest BCUT2D eigenvalue weighted by Crippen LogP contribution is 2.25. The van der Waals surface area contributed by atoms with E-state index in [1.807, 2.05) is 32.0 Å². The number of hydrogen-bond donors (Lipinski definition) is 0. The maximum atomic E-state index is 11.2. The second-order valence-corrected chi connectivity index (χ2v) is 4.14. The Labute approximate surface area is 87.3 Å². The van der Waals surface area contributed by atoms with Crippen LogP contribution in [-0.4, -0.2) is 5.78 Å². The molecule has 0 amide bonds. The van der Waals surface area contributed by atoms with E-state index < -0.39 is 0 Å². The van der Waals surface area contributed by atoms with E-state index in [1.54, 1.807) is 6.92 Å². The number of rotatable bonds is 2. The first kappa shape index (κ1) is 10.5. The van der Waals surface area contributed by atoms with Crippen molar-refractivity contribution in [3.8, 4) is 0 Å². The highest BCUT2D eigenvalue weighted by atomic mass is 79.9. The summed E-state index contributed by atoms with van der Waals surface area (Å²) in [5.74, 6) is 0.207. The third-order valence-corrected chi connectivity index (χ3v) is 3.24. The Bertz CT molecular complexity index is 331. The number of ketones is 1. The van der Waals surface area contributed by atoms with Crippen LogP contribution in [-0.2, 0) is 4.79 Å². The minimum atomic E-state index is -0.00231. The summed E-state index contributed by atoms with van der Waals surface area (Å²) in [5, 5.41) is 0. The summed E-state index contributed by atoms with van der Waals surface area (Å²) in [5.41, 5.74) is 2.27. The third kappa shape index (κ3) is 2.19. The zero-order chi connectivity index (χ0) is 10.0. The average Bonchev–Trinajstić information content (AvgIpc) is 2.08. The number of benzene rings is 1. The molecule has 1 aromatic rings. The Morgan fingerprint density at radius 3 is 2.62 bits per heavy atom. The van der Waals surface area contributed by atoms with Crippen LogP contribution in [0.2, 0.25) is 0 Å². The molecule has 1 atom stereocenters. The molecule has 0 spiro atoms. The molecule has 1 aromatic carbocycles. The van der Waals surface area contributed by atoms with Gasteiger partial charge in [-0.15, -0.1) is 0 Å². The fourth-order valence-electron chi connectivity index (χ4n) is 1.31. The van der Waals surface area contributed by atoms with E-state index in [2.05, 4.69) is 15.9 Å². The lowest BCUT2D eigenvalue weighted by Crippen LogP contribution is -2.06. The minimum Gasteiger partial charge on any atom is -0.299 e. The van der Waals surface area contributed by atoms with Crippen LogP contribution in [0.25, 0.3) is 0 Å². The van der Waals surface area contributed by atoms with Crippen LogP contribution < -0.4 is 0 Å². The largest absolute Gasteiger partial charge is 0.299 e. The molecule has 0 aliphatic carbocycles. The average molecular weight is 241 g/mol. The summed E-state index contributed by atoms with van der Waals surface area (Å²) < 4.78 is 1.07. The number of hydrogen-bond acceptors (Lipinski definition) is 1. The van der Waals surface area contributed by atoms with Crippen LogP contribution in [0, 0.1) is 6.92 Å². The first-order valence-corrected chi connectivity index (χ1v) is 5.08. The molecule has 0 radical (unpaired) electrons. The summed E-state index contributed by atoms with van der Waals surface area (Å²) in [6.45, 7) is 5.60. The monoisotopic (exact) mass is 240 g/mol. The topological polar surface area (TPSA) is 17.1 Å². The van der Waals surface area contributed by atoms with Crippen molar-refractivity contribution in [2.24, 2.45) is 0 Å². The van der Waals surface area contributed by atoms with Gasteiger partial charge < -0.3 is 0 Å². The van der Waals surface area contributed by atoms with E-state index in [-0.39, 0.29) is 11.7 Å². The molecule has 0 bridgehead atoms.